The van der Waals surface area contributed by atoms with Crippen molar-refractivity contribution in [2.75, 3.05) is 25.0 Å². The van der Waals surface area contributed by atoms with Gasteiger partial charge in [0.1, 0.15) is 18.3 Å². The number of rotatable bonds is 2. The van der Waals surface area contributed by atoms with Gasteiger partial charge in [-0.1, -0.05) is 34.1 Å². The third kappa shape index (κ3) is 2.50. The Balaban J connectivity index is 1.69. The summed E-state index contributed by atoms with van der Waals surface area (Å²) in [5, 5.41) is 1.05. The zero-order valence-corrected chi connectivity index (χ0v) is 12.4. The number of nitrogens with zero attached hydrogens (tertiary/aromatic N) is 1. The van der Waals surface area contributed by atoms with E-state index in [0.29, 0.717) is 6.61 Å². The fourth-order valence-electron chi connectivity index (χ4n) is 2.90. The van der Waals surface area contributed by atoms with E-state index in [0.717, 1.165) is 48.5 Å². The van der Waals surface area contributed by atoms with Gasteiger partial charge in [0.25, 0.3) is 0 Å². The van der Waals surface area contributed by atoms with E-state index < -0.39 is 0 Å². The summed E-state index contributed by atoms with van der Waals surface area (Å²) in [6, 6.07) is 7.88. The first-order valence-corrected chi connectivity index (χ1v) is 7.98. The van der Waals surface area contributed by atoms with Crippen molar-refractivity contribution in [3.63, 3.8) is 0 Å². The molecule has 1 amide bonds. The summed E-state index contributed by atoms with van der Waals surface area (Å²) in [7, 11) is 0. The van der Waals surface area contributed by atoms with Gasteiger partial charge in [-0.05, 0) is 24.8 Å². The van der Waals surface area contributed by atoms with E-state index in [9.17, 15) is 4.79 Å². The molecule has 1 aromatic carbocycles. The highest BCUT2D eigenvalue weighted by Gasteiger charge is 2.34. The Bertz CT molecular complexity index is 469. The Labute approximate surface area is 122 Å². The van der Waals surface area contributed by atoms with E-state index in [4.69, 9.17) is 4.74 Å². The van der Waals surface area contributed by atoms with Crippen LogP contribution in [0.2, 0.25) is 0 Å². The normalized spacial score (nSPS) is 23.0. The summed E-state index contributed by atoms with van der Waals surface area (Å²) < 4.78 is 5.61. The maximum absolute atomic E-state index is 12.6. The van der Waals surface area contributed by atoms with E-state index in [-0.39, 0.29) is 11.8 Å². The molecule has 1 fully saturated rings. The lowest BCUT2D eigenvalue weighted by molar-refractivity contribution is -0.134. The van der Waals surface area contributed by atoms with Gasteiger partial charge < -0.3 is 9.64 Å². The van der Waals surface area contributed by atoms with E-state index >= 15 is 0 Å². The summed E-state index contributed by atoms with van der Waals surface area (Å²) >= 11 is 3.53. The van der Waals surface area contributed by atoms with Crippen LogP contribution in [0.4, 0.5) is 0 Å². The molecule has 2 heterocycles. The molecule has 0 aliphatic carbocycles. The minimum atomic E-state index is -0.100. The summed E-state index contributed by atoms with van der Waals surface area (Å²) in [6.45, 7) is 2.26. The van der Waals surface area contributed by atoms with Crippen molar-refractivity contribution < 1.29 is 9.53 Å². The summed E-state index contributed by atoms with van der Waals surface area (Å²) in [4.78, 5) is 14.6. The van der Waals surface area contributed by atoms with Crippen molar-refractivity contribution >= 4 is 21.8 Å². The number of carbonyl (C=O) groups excluding carboxylic acids is 1. The number of alkyl halides is 1. The topological polar surface area (TPSA) is 29.5 Å². The van der Waals surface area contributed by atoms with Crippen LogP contribution in [0.1, 0.15) is 24.3 Å². The van der Waals surface area contributed by atoms with Gasteiger partial charge in [-0.3, -0.25) is 4.79 Å². The monoisotopic (exact) mass is 323 g/mol. The maximum atomic E-state index is 12.6. The molecule has 102 valence electrons. The molecular weight excluding hydrogens is 306 g/mol. The van der Waals surface area contributed by atoms with Gasteiger partial charge in [-0.15, -0.1) is 0 Å². The smallest absolute Gasteiger partial charge is 0.233 e. The number of hydrogen-bond acceptors (Lipinski definition) is 2. The van der Waals surface area contributed by atoms with E-state index in [1.165, 1.54) is 0 Å². The lowest BCUT2D eigenvalue weighted by Crippen LogP contribution is -2.41. The fraction of sp³-hybridized carbons (Fsp3) is 0.533. The molecule has 1 aromatic rings. The van der Waals surface area contributed by atoms with E-state index in [1.54, 1.807) is 0 Å². The second-order valence-electron chi connectivity index (χ2n) is 5.32. The average molecular weight is 324 g/mol. The third-order valence-electron chi connectivity index (χ3n) is 4.14. The van der Waals surface area contributed by atoms with Gasteiger partial charge in [-0.2, -0.15) is 0 Å². The molecule has 0 N–H and O–H groups in total. The molecule has 0 radical (unpaired) electrons. The molecule has 19 heavy (non-hydrogen) atoms. The second kappa shape index (κ2) is 5.53. The van der Waals surface area contributed by atoms with Crippen molar-refractivity contribution in [3.8, 4) is 5.75 Å². The van der Waals surface area contributed by atoms with E-state index in [1.807, 2.05) is 29.2 Å². The average Bonchev–Trinajstić information content (AvgIpc) is 2.90. The highest BCUT2D eigenvalue weighted by atomic mass is 79.9. The first-order chi connectivity index (χ1) is 9.29. The van der Waals surface area contributed by atoms with Crippen LogP contribution in [-0.4, -0.2) is 35.8 Å². The molecule has 0 aromatic heterocycles. The Morgan fingerprint density at radius 3 is 2.79 bits per heavy atom. The molecule has 3 nitrogen and oxygen atoms in total. The molecule has 0 bridgehead atoms. The molecule has 3 rings (SSSR count). The highest BCUT2D eigenvalue weighted by molar-refractivity contribution is 9.09. The molecular formula is C15H18BrNO2. The summed E-state index contributed by atoms with van der Waals surface area (Å²) in [5.41, 5.74) is 1.05. The molecule has 0 spiro atoms. The molecule has 1 atom stereocenters. The Morgan fingerprint density at radius 2 is 2.05 bits per heavy atom. The number of ether oxygens (including phenoxy) is 1. The van der Waals surface area contributed by atoms with Gasteiger partial charge in [0.2, 0.25) is 5.91 Å². The van der Waals surface area contributed by atoms with Crippen LogP contribution in [0.3, 0.4) is 0 Å². The first-order valence-electron chi connectivity index (χ1n) is 6.86. The molecule has 4 heteroatoms. The zero-order valence-electron chi connectivity index (χ0n) is 10.8. The van der Waals surface area contributed by atoms with Gasteiger partial charge in [-0.25, -0.2) is 0 Å². The molecule has 0 saturated carbocycles. The number of fused-ring (bicyclic) bond motifs is 1. The van der Waals surface area contributed by atoms with Crippen molar-refractivity contribution in [2.45, 2.75) is 18.8 Å². The second-order valence-corrected chi connectivity index (χ2v) is 5.97. The van der Waals surface area contributed by atoms with Gasteiger partial charge in [0.15, 0.2) is 0 Å². The standard InChI is InChI=1S/C15H18BrNO2/c16-9-11-5-7-17(8-6-11)15(18)13-10-19-14-4-2-1-3-12(13)14/h1-4,11,13H,5-10H2. The predicted octanol–water partition coefficient (Wildman–Crippen LogP) is 2.80. The highest BCUT2D eigenvalue weighted by Crippen LogP contribution is 2.35. The number of hydrogen-bond donors (Lipinski definition) is 0. The minimum Gasteiger partial charge on any atom is -0.492 e. The number of carbonyl (C=O) groups is 1. The number of para-hydroxylation sites is 1. The molecule has 2 aliphatic rings. The van der Waals surface area contributed by atoms with Crippen molar-refractivity contribution in [1.29, 1.82) is 0 Å². The number of halogens is 1. The molecule has 2 aliphatic heterocycles. The largest absolute Gasteiger partial charge is 0.492 e. The Morgan fingerprint density at radius 1 is 1.32 bits per heavy atom. The van der Waals surface area contributed by atoms with Crippen molar-refractivity contribution in [1.82, 2.24) is 4.90 Å². The predicted molar refractivity (Wildman–Crippen MR) is 77.8 cm³/mol. The number of amides is 1. The quantitative estimate of drug-likeness (QED) is 0.783. The van der Waals surface area contributed by atoms with Crippen LogP contribution in [0, 0.1) is 5.92 Å². The molecule has 1 saturated heterocycles. The number of benzene rings is 1. The first kappa shape index (κ1) is 13.0. The fourth-order valence-corrected chi connectivity index (χ4v) is 3.54. The zero-order chi connectivity index (χ0) is 13.2. The summed E-state index contributed by atoms with van der Waals surface area (Å²) in [5.74, 6) is 1.72. The van der Waals surface area contributed by atoms with E-state index in [2.05, 4.69) is 15.9 Å². The van der Waals surface area contributed by atoms with Crippen LogP contribution >= 0.6 is 15.9 Å². The lowest BCUT2D eigenvalue weighted by Gasteiger charge is -2.32. The lowest BCUT2D eigenvalue weighted by atomic mass is 9.95. The van der Waals surface area contributed by atoms with Crippen LogP contribution in [0.25, 0.3) is 0 Å². The number of likely N-dealkylation sites (tertiary alicyclic amines) is 1. The summed E-state index contributed by atoms with van der Waals surface area (Å²) in [6.07, 6.45) is 2.21. The SMILES string of the molecule is O=C(C1COc2ccccc21)N1CCC(CBr)CC1. The molecule has 1 unspecified atom stereocenters. The maximum Gasteiger partial charge on any atom is 0.233 e. The third-order valence-corrected chi connectivity index (χ3v) is 5.06. The number of piperidine rings is 1. The van der Waals surface area contributed by atoms with Crippen LogP contribution in [0.15, 0.2) is 24.3 Å². The van der Waals surface area contributed by atoms with Crippen molar-refractivity contribution in [2.24, 2.45) is 5.92 Å². The van der Waals surface area contributed by atoms with Gasteiger partial charge in [0, 0.05) is 24.0 Å². The van der Waals surface area contributed by atoms with Gasteiger partial charge >= 0.3 is 0 Å². The Hall–Kier alpha value is -1.03. The van der Waals surface area contributed by atoms with Crippen LogP contribution in [-0.2, 0) is 4.79 Å². The Kier molecular flexibility index (Phi) is 3.78. The van der Waals surface area contributed by atoms with Gasteiger partial charge in [0.05, 0.1) is 0 Å². The van der Waals surface area contributed by atoms with Crippen molar-refractivity contribution in [3.05, 3.63) is 29.8 Å². The minimum absolute atomic E-state index is 0.100. The van der Waals surface area contributed by atoms with Crippen LogP contribution in [0.5, 0.6) is 5.75 Å². The van der Waals surface area contributed by atoms with Crippen LogP contribution < -0.4 is 4.74 Å².